The maximum Gasteiger partial charge on any atom is 0.00639 e. The molecular weight excluding hydrogens is 134 g/mol. The van der Waals surface area contributed by atoms with E-state index in [1.54, 1.807) is 0 Å². The van der Waals surface area contributed by atoms with Crippen molar-refractivity contribution in [3.05, 3.63) is 0 Å². The molecule has 1 heteroatoms. The summed E-state index contributed by atoms with van der Waals surface area (Å²) >= 11 is 0. The summed E-state index contributed by atoms with van der Waals surface area (Å²) in [6, 6.07) is 0.650. The number of rotatable bonds is 5. The van der Waals surface area contributed by atoms with Gasteiger partial charge in [0.25, 0.3) is 0 Å². The fourth-order valence-electron chi connectivity index (χ4n) is 1.47. The third-order valence-electron chi connectivity index (χ3n) is 2.89. The van der Waals surface area contributed by atoms with Crippen molar-refractivity contribution in [3.8, 4) is 0 Å². The highest BCUT2D eigenvalue weighted by Gasteiger charge is 2.16. The van der Waals surface area contributed by atoms with Crippen LogP contribution in [0.2, 0.25) is 0 Å². The van der Waals surface area contributed by atoms with Gasteiger partial charge < -0.3 is 5.32 Å². The monoisotopic (exact) mass is 157 g/mol. The molecule has 0 bridgehead atoms. The van der Waals surface area contributed by atoms with Gasteiger partial charge in [0.05, 0.1) is 0 Å². The number of hydrogen-bond donors (Lipinski definition) is 1. The van der Waals surface area contributed by atoms with Crippen molar-refractivity contribution in [2.75, 3.05) is 7.05 Å². The van der Waals surface area contributed by atoms with E-state index >= 15 is 0 Å². The lowest BCUT2D eigenvalue weighted by molar-refractivity contribution is 0.293. The molecule has 0 aromatic rings. The second-order valence-electron chi connectivity index (χ2n) is 3.70. The first-order valence-electron chi connectivity index (χ1n) is 4.80. The average Bonchev–Trinajstić information content (AvgIpc) is 2.02. The second kappa shape index (κ2) is 5.59. The lowest BCUT2D eigenvalue weighted by Crippen LogP contribution is -2.32. The molecule has 0 aliphatic carbocycles. The van der Waals surface area contributed by atoms with Crippen LogP contribution in [-0.2, 0) is 0 Å². The molecule has 0 aliphatic heterocycles. The van der Waals surface area contributed by atoms with Crippen LogP contribution in [0.4, 0.5) is 0 Å². The molecular formula is C10H23N. The summed E-state index contributed by atoms with van der Waals surface area (Å²) in [6.07, 6.45) is 2.66. The van der Waals surface area contributed by atoms with E-state index in [1.165, 1.54) is 12.8 Å². The molecule has 1 nitrogen and oxygen atoms in total. The first-order valence-corrected chi connectivity index (χ1v) is 4.80. The first-order chi connectivity index (χ1) is 5.13. The SMILES string of the molecule is CCC[C@@H](C)C(C)C(C)NC. The van der Waals surface area contributed by atoms with Gasteiger partial charge >= 0.3 is 0 Å². The Morgan fingerprint density at radius 2 is 1.73 bits per heavy atom. The van der Waals surface area contributed by atoms with Crippen LogP contribution < -0.4 is 5.32 Å². The summed E-state index contributed by atoms with van der Waals surface area (Å²) in [5.74, 6) is 1.64. The Kier molecular flexibility index (Phi) is 5.57. The maximum atomic E-state index is 3.30. The lowest BCUT2D eigenvalue weighted by Gasteiger charge is -2.25. The summed E-state index contributed by atoms with van der Waals surface area (Å²) in [4.78, 5) is 0. The van der Waals surface area contributed by atoms with Gasteiger partial charge in [0, 0.05) is 6.04 Å². The van der Waals surface area contributed by atoms with Crippen LogP contribution in [0.3, 0.4) is 0 Å². The van der Waals surface area contributed by atoms with Crippen LogP contribution >= 0.6 is 0 Å². The molecule has 0 radical (unpaired) electrons. The van der Waals surface area contributed by atoms with E-state index < -0.39 is 0 Å². The van der Waals surface area contributed by atoms with Crippen molar-refractivity contribution in [3.63, 3.8) is 0 Å². The van der Waals surface area contributed by atoms with Gasteiger partial charge in [-0.05, 0) is 25.8 Å². The fraction of sp³-hybridized carbons (Fsp3) is 1.00. The van der Waals surface area contributed by atoms with Crippen LogP contribution in [0, 0.1) is 11.8 Å². The highest BCUT2D eigenvalue weighted by atomic mass is 14.9. The van der Waals surface area contributed by atoms with Gasteiger partial charge in [-0.1, -0.05) is 33.6 Å². The Hall–Kier alpha value is -0.0400. The standard InChI is InChI=1S/C10H23N/c1-6-7-8(2)9(3)10(4)11-5/h8-11H,6-7H2,1-5H3/t8-,9?,10?/m1/s1. The highest BCUT2D eigenvalue weighted by Crippen LogP contribution is 2.19. The molecule has 0 rings (SSSR count). The number of hydrogen-bond acceptors (Lipinski definition) is 1. The molecule has 0 fully saturated rings. The Balaban J connectivity index is 3.70. The van der Waals surface area contributed by atoms with Gasteiger partial charge in [0.1, 0.15) is 0 Å². The Bertz CT molecular complexity index is 90.9. The highest BCUT2D eigenvalue weighted by molar-refractivity contribution is 4.71. The molecule has 1 N–H and O–H groups in total. The van der Waals surface area contributed by atoms with Crippen molar-refractivity contribution in [2.45, 2.75) is 46.6 Å². The Morgan fingerprint density at radius 1 is 1.18 bits per heavy atom. The molecule has 0 aromatic heterocycles. The molecule has 0 heterocycles. The topological polar surface area (TPSA) is 12.0 Å². The fourth-order valence-corrected chi connectivity index (χ4v) is 1.47. The van der Waals surface area contributed by atoms with Crippen molar-refractivity contribution in [1.29, 1.82) is 0 Å². The van der Waals surface area contributed by atoms with Gasteiger partial charge in [0.15, 0.2) is 0 Å². The number of nitrogens with one attached hydrogen (secondary N) is 1. The molecule has 0 aliphatic rings. The smallest absolute Gasteiger partial charge is 0.00639 e. The van der Waals surface area contributed by atoms with Gasteiger partial charge in [-0.25, -0.2) is 0 Å². The average molecular weight is 157 g/mol. The van der Waals surface area contributed by atoms with E-state index in [4.69, 9.17) is 0 Å². The van der Waals surface area contributed by atoms with Crippen molar-refractivity contribution in [2.24, 2.45) is 11.8 Å². The minimum atomic E-state index is 0.650. The molecule has 11 heavy (non-hydrogen) atoms. The van der Waals surface area contributed by atoms with E-state index in [0.29, 0.717) is 6.04 Å². The minimum absolute atomic E-state index is 0.650. The van der Waals surface area contributed by atoms with E-state index in [9.17, 15) is 0 Å². The summed E-state index contributed by atoms with van der Waals surface area (Å²) in [5.41, 5.74) is 0. The quantitative estimate of drug-likeness (QED) is 0.647. The first kappa shape index (κ1) is 11.0. The van der Waals surface area contributed by atoms with Gasteiger partial charge in [0.2, 0.25) is 0 Å². The van der Waals surface area contributed by atoms with Gasteiger partial charge in [-0.15, -0.1) is 0 Å². The third-order valence-corrected chi connectivity index (χ3v) is 2.89. The van der Waals surface area contributed by atoms with Gasteiger partial charge in [-0.2, -0.15) is 0 Å². The van der Waals surface area contributed by atoms with Crippen LogP contribution in [0.1, 0.15) is 40.5 Å². The Labute approximate surface area is 71.6 Å². The molecule has 0 spiro atoms. The summed E-state index contributed by atoms with van der Waals surface area (Å²) in [6.45, 7) is 9.20. The second-order valence-corrected chi connectivity index (χ2v) is 3.70. The van der Waals surface area contributed by atoms with Crippen LogP contribution in [0.25, 0.3) is 0 Å². The van der Waals surface area contributed by atoms with E-state index in [0.717, 1.165) is 11.8 Å². The zero-order valence-corrected chi connectivity index (χ0v) is 8.65. The van der Waals surface area contributed by atoms with Crippen LogP contribution in [0.5, 0.6) is 0 Å². The summed E-state index contributed by atoms with van der Waals surface area (Å²) in [7, 11) is 2.04. The minimum Gasteiger partial charge on any atom is -0.317 e. The van der Waals surface area contributed by atoms with Gasteiger partial charge in [-0.3, -0.25) is 0 Å². The van der Waals surface area contributed by atoms with E-state index in [1.807, 2.05) is 7.05 Å². The normalized spacial score (nSPS) is 19.4. The lowest BCUT2D eigenvalue weighted by atomic mass is 9.87. The third kappa shape index (κ3) is 3.76. The summed E-state index contributed by atoms with van der Waals surface area (Å²) in [5, 5.41) is 3.30. The molecule has 2 unspecified atom stereocenters. The van der Waals surface area contributed by atoms with E-state index in [-0.39, 0.29) is 0 Å². The molecule has 68 valence electrons. The van der Waals surface area contributed by atoms with Crippen LogP contribution in [-0.4, -0.2) is 13.1 Å². The predicted octanol–water partition coefficient (Wildman–Crippen LogP) is 2.67. The van der Waals surface area contributed by atoms with E-state index in [2.05, 4.69) is 33.0 Å². The summed E-state index contributed by atoms with van der Waals surface area (Å²) < 4.78 is 0. The van der Waals surface area contributed by atoms with Crippen LogP contribution in [0.15, 0.2) is 0 Å². The maximum absolute atomic E-state index is 3.30. The molecule has 0 aromatic carbocycles. The van der Waals surface area contributed by atoms with Crippen molar-refractivity contribution in [1.82, 2.24) is 5.32 Å². The Morgan fingerprint density at radius 3 is 2.09 bits per heavy atom. The van der Waals surface area contributed by atoms with Crippen molar-refractivity contribution < 1.29 is 0 Å². The largest absolute Gasteiger partial charge is 0.317 e. The zero-order valence-electron chi connectivity index (χ0n) is 8.65. The molecule has 3 atom stereocenters. The molecule has 0 saturated heterocycles. The van der Waals surface area contributed by atoms with Crippen molar-refractivity contribution >= 4 is 0 Å². The zero-order chi connectivity index (χ0) is 8.85. The molecule has 0 amide bonds. The molecule has 0 saturated carbocycles. The predicted molar refractivity (Wildman–Crippen MR) is 51.8 cm³/mol.